The molecular formula is C21H25N3O. The fraction of sp³-hybridized carbons (Fsp3) is 0.381. The molecular weight excluding hydrogens is 310 g/mol. The van der Waals surface area contributed by atoms with Gasteiger partial charge in [-0.3, -0.25) is 0 Å². The highest BCUT2D eigenvalue weighted by molar-refractivity contribution is 5.93. The van der Waals surface area contributed by atoms with Crippen LogP contribution in [0.1, 0.15) is 22.4 Å². The van der Waals surface area contributed by atoms with E-state index >= 15 is 0 Å². The van der Waals surface area contributed by atoms with Gasteiger partial charge in [0.25, 0.3) is 0 Å². The van der Waals surface area contributed by atoms with Crippen LogP contribution in [0.15, 0.2) is 36.5 Å². The predicted molar refractivity (Wildman–Crippen MR) is 102 cm³/mol. The van der Waals surface area contributed by atoms with Crippen LogP contribution in [-0.4, -0.2) is 29.8 Å². The van der Waals surface area contributed by atoms with Gasteiger partial charge in [-0.2, -0.15) is 0 Å². The van der Waals surface area contributed by atoms with Gasteiger partial charge in [0.05, 0.1) is 12.1 Å². The zero-order valence-corrected chi connectivity index (χ0v) is 15.2. The largest absolute Gasteiger partial charge is 0.383 e. The minimum Gasteiger partial charge on any atom is -0.383 e. The molecule has 3 heterocycles. The molecule has 0 fully saturated rings. The van der Waals surface area contributed by atoms with Crippen molar-refractivity contribution in [3.63, 3.8) is 0 Å². The Morgan fingerprint density at radius 1 is 1.12 bits per heavy atom. The van der Waals surface area contributed by atoms with E-state index in [4.69, 9.17) is 9.72 Å². The van der Waals surface area contributed by atoms with E-state index in [2.05, 4.69) is 53.6 Å². The number of ether oxygens (including phenoxy) is 1. The number of hydrogen-bond donors (Lipinski definition) is 0. The number of methoxy groups -OCH3 is 1. The summed E-state index contributed by atoms with van der Waals surface area (Å²) in [4.78, 5) is 7.21. The average molecular weight is 335 g/mol. The van der Waals surface area contributed by atoms with E-state index in [1.807, 2.05) is 6.20 Å². The molecule has 0 bridgehead atoms. The highest BCUT2D eigenvalue weighted by atomic mass is 16.5. The van der Waals surface area contributed by atoms with Crippen molar-refractivity contribution in [1.82, 2.24) is 9.55 Å². The second-order valence-electron chi connectivity index (χ2n) is 6.83. The Kier molecular flexibility index (Phi) is 4.22. The molecule has 0 spiro atoms. The standard InChI is InChI=1S/C21H25N3O/c1-15-16(2)24(12-13-25-3)20-19(15)8-10-22-21(20)23-11-9-17-6-4-5-7-18(17)14-23/h4-8,10H,9,11-14H2,1-3H3. The Hall–Kier alpha value is -2.33. The van der Waals surface area contributed by atoms with Crippen LogP contribution in [0.2, 0.25) is 0 Å². The van der Waals surface area contributed by atoms with Crippen LogP contribution in [-0.2, 0) is 24.2 Å². The van der Waals surface area contributed by atoms with E-state index in [0.717, 1.165) is 31.9 Å². The van der Waals surface area contributed by atoms with Crippen molar-refractivity contribution in [2.24, 2.45) is 0 Å². The minimum absolute atomic E-state index is 0.710. The van der Waals surface area contributed by atoms with E-state index in [1.165, 1.54) is 33.3 Å². The van der Waals surface area contributed by atoms with Gasteiger partial charge in [0.2, 0.25) is 0 Å². The van der Waals surface area contributed by atoms with Gasteiger partial charge < -0.3 is 14.2 Å². The molecule has 0 amide bonds. The fourth-order valence-corrected chi connectivity index (χ4v) is 3.95. The Bertz CT molecular complexity index is 913. The molecule has 1 aliphatic heterocycles. The van der Waals surface area contributed by atoms with Crippen LogP contribution < -0.4 is 4.90 Å². The first-order chi connectivity index (χ1) is 12.2. The molecule has 0 saturated heterocycles. The molecule has 0 saturated carbocycles. The lowest BCUT2D eigenvalue weighted by atomic mass is 10.00. The van der Waals surface area contributed by atoms with Crippen LogP contribution in [0.25, 0.3) is 10.9 Å². The number of nitrogens with zero attached hydrogens (tertiary/aromatic N) is 3. The monoisotopic (exact) mass is 335 g/mol. The van der Waals surface area contributed by atoms with E-state index in [9.17, 15) is 0 Å². The number of pyridine rings is 1. The van der Waals surface area contributed by atoms with Crippen LogP contribution in [0.5, 0.6) is 0 Å². The number of hydrogen-bond acceptors (Lipinski definition) is 3. The number of anilines is 1. The molecule has 3 aromatic rings. The second-order valence-corrected chi connectivity index (χ2v) is 6.83. The van der Waals surface area contributed by atoms with Gasteiger partial charge in [-0.1, -0.05) is 24.3 Å². The van der Waals surface area contributed by atoms with Gasteiger partial charge >= 0.3 is 0 Å². The maximum absolute atomic E-state index is 5.34. The number of aryl methyl sites for hydroxylation is 1. The predicted octanol–water partition coefficient (Wildman–Crippen LogP) is 3.86. The zero-order valence-electron chi connectivity index (χ0n) is 15.2. The van der Waals surface area contributed by atoms with Crippen molar-refractivity contribution in [3.8, 4) is 0 Å². The lowest BCUT2D eigenvalue weighted by molar-refractivity contribution is 0.188. The molecule has 0 atom stereocenters. The molecule has 130 valence electrons. The zero-order chi connectivity index (χ0) is 17.4. The molecule has 2 aromatic heterocycles. The first kappa shape index (κ1) is 16.2. The van der Waals surface area contributed by atoms with Crippen molar-refractivity contribution in [2.75, 3.05) is 25.2 Å². The Labute approximate surface area is 149 Å². The molecule has 25 heavy (non-hydrogen) atoms. The van der Waals surface area contributed by atoms with Crippen molar-refractivity contribution < 1.29 is 4.74 Å². The van der Waals surface area contributed by atoms with Crippen LogP contribution >= 0.6 is 0 Å². The Morgan fingerprint density at radius 2 is 1.92 bits per heavy atom. The highest BCUT2D eigenvalue weighted by Gasteiger charge is 2.22. The number of benzene rings is 1. The highest BCUT2D eigenvalue weighted by Crippen LogP contribution is 2.33. The van der Waals surface area contributed by atoms with E-state index in [1.54, 1.807) is 7.11 Å². The van der Waals surface area contributed by atoms with Crippen LogP contribution in [0.4, 0.5) is 5.82 Å². The summed E-state index contributed by atoms with van der Waals surface area (Å²) in [5, 5.41) is 1.30. The summed E-state index contributed by atoms with van der Waals surface area (Å²) in [5.74, 6) is 1.10. The van der Waals surface area contributed by atoms with Gasteiger partial charge in [0.1, 0.15) is 0 Å². The second kappa shape index (κ2) is 6.52. The molecule has 0 unspecified atom stereocenters. The van der Waals surface area contributed by atoms with Crippen LogP contribution in [0.3, 0.4) is 0 Å². The molecule has 0 aliphatic carbocycles. The summed E-state index contributed by atoms with van der Waals surface area (Å²) in [7, 11) is 1.76. The third kappa shape index (κ3) is 2.71. The maximum atomic E-state index is 5.34. The Morgan fingerprint density at radius 3 is 2.72 bits per heavy atom. The number of aromatic nitrogens is 2. The molecule has 4 heteroatoms. The molecule has 0 N–H and O–H groups in total. The molecule has 4 rings (SSSR count). The van der Waals surface area contributed by atoms with E-state index < -0.39 is 0 Å². The summed E-state index contributed by atoms with van der Waals surface area (Å²) < 4.78 is 7.71. The van der Waals surface area contributed by atoms with Gasteiger partial charge in [-0.15, -0.1) is 0 Å². The SMILES string of the molecule is COCCn1c(C)c(C)c2ccnc(N3CCc4ccccc4C3)c21. The third-order valence-electron chi connectivity index (χ3n) is 5.48. The third-order valence-corrected chi connectivity index (χ3v) is 5.48. The van der Waals surface area contributed by atoms with Crippen molar-refractivity contribution in [1.29, 1.82) is 0 Å². The average Bonchev–Trinajstić information content (AvgIpc) is 2.90. The summed E-state index contributed by atoms with van der Waals surface area (Å²) in [5.41, 5.74) is 6.77. The van der Waals surface area contributed by atoms with Crippen molar-refractivity contribution in [3.05, 3.63) is 58.9 Å². The van der Waals surface area contributed by atoms with E-state index in [0.29, 0.717) is 6.61 Å². The maximum Gasteiger partial charge on any atom is 0.153 e. The fourth-order valence-electron chi connectivity index (χ4n) is 3.95. The molecule has 4 nitrogen and oxygen atoms in total. The summed E-state index contributed by atoms with van der Waals surface area (Å²) in [6, 6.07) is 10.9. The quantitative estimate of drug-likeness (QED) is 0.725. The number of fused-ring (bicyclic) bond motifs is 2. The van der Waals surface area contributed by atoms with Crippen molar-refractivity contribution >= 4 is 16.7 Å². The molecule has 1 aliphatic rings. The first-order valence-corrected chi connectivity index (χ1v) is 8.95. The van der Waals surface area contributed by atoms with Gasteiger partial charge in [0.15, 0.2) is 5.82 Å². The van der Waals surface area contributed by atoms with Gasteiger partial charge in [-0.05, 0) is 43.0 Å². The minimum atomic E-state index is 0.710. The first-order valence-electron chi connectivity index (χ1n) is 8.95. The molecule has 1 aromatic carbocycles. The summed E-state index contributed by atoms with van der Waals surface area (Å²) in [6.45, 7) is 7.90. The smallest absolute Gasteiger partial charge is 0.153 e. The lowest BCUT2D eigenvalue weighted by Gasteiger charge is -2.30. The summed E-state index contributed by atoms with van der Waals surface area (Å²) in [6.07, 6.45) is 3.02. The Balaban J connectivity index is 1.81. The van der Waals surface area contributed by atoms with Crippen molar-refractivity contribution in [2.45, 2.75) is 33.4 Å². The van der Waals surface area contributed by atoms with E-state index in [-0.39, 0.29) is 0 Å². The topological polar surface area (TPSA) is 30.3 Å². The normalized spacial score (nSPS) is 14.1. The lowest BCUT2D eigenvalue weighted by Crippen LogP contribution is -2.31. The molecule has 0 radical (unpaired) electrons. The van der Waals surface area contributed by atoms with Gasteiger partial charge in [-0.25, -0.2) is 4.98 Å². The number of rotatable bonds is 4. The van der Waals surface area contributed by atoms with Crippen LogP contribution in [0, 0.1) is 13.8 Å². The summed E-state index contributed by atoms with van der Waals surface area (Å²) >= 11 is 0. The van der Waals surface area contributed by atoms with Gasteiger partial charge in [0, 0.05) is 44.0 Å².